The van der Waals surface area contributed by atoms with Crippen molar-refractivity contribution >= 4 is 41.9 Å². The Labute approximate surface area is 134 Å². The van der Waals surface area contributed by atoms with Gasteiger partial charge in [0.2, 0.25) is 0 Å². The maximum atomic E-state index is 11.2. The molecule has 1 aliphatic rings. The third kappa shape index (κ3) is 2.79. The average Bonchev–Trinajstić information content (AvgIpc) is 2.81. The molecular weight excluding hydrogens is 265 g/mol. The van der Waals surface area contributed by atoms with Crippen molar-refractivity contribution in [3.05, 3.63) is 23.8 Å². The Morgan fingerprint density at radius 2 is 2.05 bits per heavy atom. The molecule has 107 valence electrons. The number of hydrogen-bond donors (Lipinski definition) is 2. The van der Waals surface area contributed by atoms with Crippen LogP contribution in [0.15, 0.2) is 22.6 Å². The average molecular weight is 282 g/mol. The predicted molar refractivity (Wildman–Crippen MR) is 81.0 cm³/mol. The molecule has 0 aliphatic carbocycles. The molecule has 3 rings (SSSR count). The van der Waals surface area contributed by atoms with Gasteiger partial charge in [0.05, 0.1) is 5.56 Å². The van der Waals surface area contributed by atoms with E-state index in [1.165, 1.54) is 0 Å². The second-order valence-corrected chi connectivity index (χ2v) is 5.22. The summed E-state index contributed by atoms with van der Waals surface area (Å²) >= 11 is 0. The molecule has 2 heterocycles. The number of oxazole rings is 1. The van der Waals surface area contributed by atoms with Gasteiger partial charge in [-0.2, -0.15) is 4.98 Å². The first-order valence-electron chi connectivity index (χ1n) is 6.70. The minimum absolute atomic E-state index is 0. The minimum atomic E-state index is -0.989. The van der Waals surface area contributed by atoms with Crippen LogP contribution in [0.1, 0.15) is 24.2 Å². The normalized spacial score (nSPS) is 22.1. The van der Waals surface area contributed by atoms with Crippen LogP contribution < -0.4 is 10.2 Å². The van der Waals surface area contributed by atoms with Gasteiger partial charge < -0.3 is 19.7 Å². The summed E-state index contributed by atoms with van der Waals surface area (Å²) in [6.07, 6.45) is 0. The van der Waals surface area contributed by atoms with Gasteiger partial charge in [0.25, 0.3) is 6.01 Å². The number of piperazine rings is 1. The summed E-state index contributed by atoms with van der Waals surface area (Å²) in [4.78, 5) is 17.7. The Balaban J connectivity index is 0.00000161. The number of hydrogen-bond acceptors (Lipinski definition) is 5. The largest absolute Gasteiger partial charge is 0.478 e. The molecule has 1 radical (unpaired) electrons. The van der Waals surface area contributed by atoms with Crippen LogP contribution in [0.2, 0.25) is 0 Å². The molecule has 1 aliphatic heterocycles. The number of rotatable bonds is 2. The number of carboxylic acids is 1. The molecule has 6 nitrogen and oxygen atoms in total. The van der Waals surface area contributed by atoms with Crippen molar-refractivity contribution in [3.8, 4) is 0 Å². The molecule has 0 spiro atoms. The molecule has 0 unspecified atom stereocenters. The summed E-state index contributed by atoms with van der Waals surface area (Å²) in [6.45, 7) is 5.90. The summed E-state index contributed by atoms with van der Waals surface area (Å²) in [6, 6.07) is 5.96. The Hall–Kier alpha value is -1.48. The number of aromatic carboxylic acids is 1. The molecule has 1 aromatic heterocycles. The van der Waals surface area contributed by atoms with Gasteiger partial charge in [-0.1, -0.05) is 6.07 Å². The maximum Gasteiger partial charge on any atom is 0.338 e. The molecule has 2 atom stereocenters. The quantitative estimate of drug-likeness (QED) is 0.809. The van der Waals surface area contributed by atoms with Crippen molar-refractivity contribution in [3.63, 3.8) is 0 Å². The number of aromatic nitrogens is 1. The second kappa shape index (κ2) is 6.10. The van der Waals surface area contributed by atoms with Crippen LogP contribution in [0.4, 0.5) is 6.01 Å². The van der Waals surface area contributed by atoms with Gasteiger partial charge >= 0.3 is 5.97 Å². The zero-order chi connectivity index (χ0) is 14.3. The van der Waals surface area contributed by atoms with Crippen LogP contribution in [-0.4, -0.2) is 60.1 Å². The number of para-hydroxylation sites is 1. The van der Waals surface area contributed by atoms with Crippen molar-refractivity contribution in [2.45, 2.75) is 25.9 Å². The van der Waals surface area contributed by atoms with Crippen molar-refractivity contribution in [1.29, 1.82) is 0 Å². The molecule has 2 N–H and O–H groups in total. The van der Waals surface area contributed by atoms with E-state index < -0.39 is 5.97 Å². The molecular formula is C14H17LiN3O3. The molecule has 21 heavy (non-hydrogen) atoms. The predicted octanol–water partition coefficient (Wildman–Crippen LogP) is 1.33. The molecule has 1 aromatic carbocycles. The Kier molecular flexibility index (Phi) is 4.62. The smallest absolute Gasteiger partial charge is 0.338 e. The number of nitrogens with zero attached hydrogens (tertiary/aromatic N) is 2. The van der Waals surface area contributed by atoms with Gasteiger partial charge in [0.15, 0.2) is 5.58 Å². The van der Waals surface area contributed by atoms with Gasteiger partial charge in [-0.15, -0.1) is 0 Å². The fourth-order valence-electron chi connectivity index (χ4n) is 2.73. The van der Waals surface area contributed by atoms with Crippen LogP contribution in [0.25, 0.3) is 11.1 Å². The summed E-state index contributed by atoms with van der Waals surface area (Å²) in [5.41, 5.74) is 1.10. The van der Waals surface area contributed by atoms with Crippen LogP contribution >= 0.6 is 0 Å². The number of anilines is 1. The summed E-state index contributed by atoms with van der Waals surface area (Å²) in [5, 5.41) is 12.5. The van der Waals surface area contributed by atoms with E-state index in [4.69, 9.17) is 4.42 Å². The molecule has 1 fully saturated rings. The van der Waals surface area contributed by atoms with E-state index in [9.17, 15) is 9.90 Å². The third-order valence-electron chi connectivity index (χ3n) is 3.69. The SMILES string of the molecule is C[C@H]1CNC[C@H](C)N1c1nc2c(C(=O)O)cccc2o1.[Li]. The Bertz CT molecular complexity index is 648. The monoisotopic (exact) mass is 282 g/mol. The first kappa shape index (κ1) is 15.9. The van der Waals surface area contributed by atoms with Gasteiger partial charge in [0.1, 0.15) is 5.52 Å². The van der Waals surface area contributed by atoms with E-state index in [1.807, 2.05) is 0 Å². The molecule has 1 saturated heterocycles. The van der Waals surface area contributed by atoms with E-state index in [0.717, 1.165) is 13.1 Å². The summed E-state index contributed by atoms with van der Waals surface area (Å²) < 4.78 is 5.76. The summed E-state index contributed by atoms with van der Waals surface area (Å²) in [5.74, 6) is -0.989. The zero-order valence-electron chi connectivity index (χ0n) is 12.5. The van der Waals surface area contributed by atoms with Crippen molar-refractivity contribution in [2.24, 2.45) is 0 Å². The molecule has 0 bridgehead atoms. The maximum absolute atomic E-state index is 11.2. The summed E-state index contributed by atoms with van der Waals surface area (Å²) in [7, 11) is 0. The van der Waals surface area contributed by atoms with Crippen LogP contribution in [0.5, 0.6) is 0 Å². The van der Waals surface area contributed by atoms with E-state index in [-0.39, 0.29) is 36.5 Å². The first-order chi connectivity index (χ1) is 9.58. The van der Waals surface area contributed by atoms with Crippen molar-refractivity contribution in [2.75, 3.05) is 18.0 Å². The van der Waals surface area contributed by atoms with Crippen LogP contribution in [-0.2, 0) is 0 Å². The standard InChI is InChI=1S/C14H17N3O3.Li/c1-8-6-15-7-9(2)17(8)14-16-12-10(13(18)19)4-3-5-11(12)20-14;/h3-5,8-9,15H,6-7H2,1-2H3,(H,18,19);/t8-,9-;/m0./s1. The van der Waals surface area contributed by atoms with Gasteiger partial charge in [0, 0.05) is 44.0 Å². The van der Waals surface area contributed by atoms with Gasteiger partial charge in [-0.25, -0.2) is 4.79 Å². The second-order valence-electron chi connectivity index (χ2n) is 5.22. The zero-order valence-corrected chi connectivity index (χ0v) is 12.5. The number of carbonyl (C=O) groups is 1. The first-order valence-corrected chi connectivity index (χ1v) is 6.70. The Morgan fingerprint density at radius 1 is 1.38 bits per heavy atom. The number of benzene rings is 1. The topological polar surface area (TPSA) is 78.6 Å². The van der Waals surface area contributed by atoms with Crippen molar-refractivity contribution < 1.29 is 14.3 Å². The molecule has 7 heteroatoms. The van der Waals surface area contributed by atoms with Gasteiger partial charge in [-0.3, -0.25) is 0 Å². The van der Waals surface area contributed by atoms with Crippen molar-refractivity contribution in [1.82, 2.24) is 10.3 Å². The van der Waals surface area contributed by atoms with Crippen LogP contribution in [0, 0.1) is 0 Å². The molecule has 0 amide bonds. The Morgan fingerprint density at radius 3 is 2.67 bits per heavy atom. The fraction of sp³-hybridized carbons (Fsp3) is 0.429. The number of nitrogens with one attached hydrogen (secondary N) is 1. The molecule has 2 aromatic rings. The van der Waals surface area contributed by atoms with Gasteiger partial charge in [-0.05, 0) is 26.0 Å². The fourth-order valence-corrected chi connectivity index (χ4v) is 2.73. The van der Waals surface area contributed by atoms with E-state index >= 15 is 0 Å². The molecule has 0 saturated carbocycles. The number of carboxylic acid groups (broad SMARTS) is 1. The van der Waals surface area contributed by atoms with E-state index in [1.54, 1.807) is 18.2 Å². The minimum Gasteiger partial charge on any atom is -0.478 e. The van der Waals surface area contributed by atoms with E-state index in [0.29, 0.717) is 17.1 Å². The van der Waals surface area contributed by atoms with Crippen LogP contribution in [0.3, 0.4) is 0 Å². The van der Waals surface area contributed by atoms with E-state index in [2.05, 4.69) is 29.0 Å². The number of fused-ring (bicyclic) bond motifs is 1. The third-order valence-corrected chi connectivity index (χ3v) is 3.69.